The zero-order chi connectivity index (χ0) is 89.5. The summed E-state index contributed by atoms with van der Waals surface area (Å²) in [4.78, 5) is 19.6. The molecule has 2 unspecified atom stereocenters. The first kappa shape index (κ1) is 114. The molecule has 0 fully saturated rings. The SMILES string of the molecule is C=C(COCCOCCOC)c1ccc(C(=C)COCCOCCOC)cc1.C=C(COCCOCCOC)c1ccc(C(C)=COCCOCCOC)cc1.CC(=O)OC(C)=O.COCCOCCOC=C(C)c1ccc(C(C)=COCCOCCOC)cc1.COCCOCCOCC(C)(O)c1ccc(C(C)(O)COCCOCCOC)cc1. The molecule has 0 saturated carbocycles. The third-order valence-electron chi connectivity index (χ3n) is 16.4. The summed E-state index contributed by atoms with van der Waals surface area (Å²) in [5, 5.41) is 21.4. The standard InChI is InChI=1S/C22H38O8.3C22H34O6.C4H6O3/c1-21(23,17-29-15-13-27-11-9-25-3)19-5-7-20(8-6-19)22(2,24)18-30-16-14-28-12-10-26-4;3*1-19(17-27-15-13-25-11-9-23-3)21-5-7-22(8-6-21)20(2)18-28-16-14-26-12-10-24-4;1-3(5)7-4(2)6/h5-8,23-24H,9-18H2,1-4H3;5-8,17-18H,9-16H2,1-4H3;5-8,18H,1,9-17H2,2-4H3;5-8H,1-2,9-18H2,3-4H3;1-2H3. The van der Waals surface area contributed by atoms with Crippen LogP contribution in [0.2, 0.25) is 0 Å². The van der Waals surface area contributed by atoms with E-state index < -0.39 is 23.1 Å². The van der Waals surface area contributed by atoms with Crippen LogP contribution in [0.1, 0.15) is 93.0 Å². The van der Waals surface area contributed by atoms with Crippen molar-refractivity contribution in [2.45, 2.75) is 59.7 Å². The van der Waals surface area contributed by atoms with Crippen LogP contribution >= 0.6 is 0 Å². The van der Waals surface area contributed by atoms with E-state index in [-0.39, 0.29) is 13.2 Å². The molecule has 4 aromatic rings. The summed E-state index contributed by atoms with van der Waals surface area (Å²) in [6.07, 6.45) is 5.30. The molecule has 0 saturated heterocycles. The molecule has 0 amide bonds. The highest BCUT2D eigenvalue weighted by atomic mass is 16.6. The Bertz CT molecular complexity index is 3090. The minimum Gasteiger partial charge on any atom is -0.498 e. The summed E-state index contributed by atoms with van der Waals surface area (Å²) < 4.78 is 130. The third-order valence-corrected chi connectivity index (χ3v) is 16.4. The molecule has 29 heteroatoms. The Morgan fingerprint density at radius 1 is 0.264 bits per heavy atom. The van der Waals surface area contributed by atoms with Gasteiger partial charge in [-0.05, 0) is 113 Å². The minimum atomic E-state index is -1.15. The average Bonchev–Trinajstić information content (AvgIpc) is 0.814. The van der Waals surface area contributed by atoms with Gasteiger partial charge in [0.05, 0.1) is 243 Å². The number of methoxy groups -OCH3 is 8. The molecule has 0 aromatic heterocycles. The number of rotatable bonds is 69. The summed E-state index contributed by atoms with van der Waals surface area (Å²) in [5.41, 5.74) is 11.6. The predicted molar refractivity (Wildman–Crippen MR) is 469 cm³/mol. The maximum Gasteiger partial charge on any atom is 0.310 e. The van der Waals surface area contributed by atoms with E-state index in [4.69, 9.17) is 114 Å². The molecule has 0 aliphatic heterocycles. The molecule has 2 atom stereocenters. The summed E-state index contributed by atoms with van der Waals surface area (Å²) in [7, 11) is 13.2. The number of carbonyl (C=O) groups is 2. The van der Waals surface area contributed by atoms with Crippen LogP contribution in [0.4, 0.5) is 0 Å². The Labute approximate surface area is 721 Å². The molecule has 4 rings (SSSR count). The second-order valence-corrected chi connectivity index (χ2v) is 26.9. The lowest BCUT2D eigenvalue weighted by atomic mass is 9.91. The van der Waals surface area contributed by atoms with Gasteiger partial charge in [0.2, 0.25) is 0 Å². The van der Waals surface area contributed by atoms with Crippen LogP contribution in [0.15, 0.2) is 136 Å². The van der Waals surface area contributed by atoms with Crippen molar-refractivity contribution in [2.75, 3.05) is 301 Å². The van der Waals surface area contributed by atoms with E-state index in [1.165, 1.54) is 13.8 Å². The number of ether oxygens (including phenoxy) is 25. The second-order valence-electron chi connectivity index (χ2n) is 26.9. The van der Waals surface area contributed by atoms with E-state index in [0.717, 1.165) is 66.8 Å². The average molecular weight is 1720 g/mol. The van der Waals surface area contributed by atoms with Gasteiger partial charge in [-0.1, -0.05) is 117 Å². The van der Waals surface area contributed by atoms with E-state index >= 15 is 0 Å². The van der Waals surface area contributed by atoms with E-state index in [2.05, 4.69) is 60.9 Å². The highest BCUT2D eigenvalue weighted by Gasteiger charge is 2.27. The Morgan fingerprint density at radius 2 is 0.438 bits per heavy atom. The smallest absolute Gasteiger partial charge is 0.310 e. The van der Waals surface area contributed by atoms with Crippen LogP contribution in [0, 0.1) is 0 Å². The topological polar surface area (TPSA) is 305 Å². The lowest BCUT2D eigenvalue weighted by molar-refractivity contribution is -0.156. The van der Waals surface area contributed by atoms with E-state index in [1.807, 2.05) is 57.2 Å². The van der Waals surface area contributed by atoms with Gasteiger partial charge in [-0.15, -0.1) is 0 Å². The van der Waals surface area contributed by atoms with E-state index in [0.29, 0.717) is 242 Å². The number of allylic oxidation sites excluding steroid dienone is 3. The number of aliphatic hydroxyl groups is 2. The lowest BCUT2D eigenvalue weighted by Gasteiger charge is -2.27. The van der Waals surface area contributed by atoms with Crippen LogP contribution in [0.5, 0.6) is 0 Å². The van der Waals surface area contributed by atoms with Gasteiger partial charge in [-0.3, -0.25) is 9.59 Å². The van der Waals surface area contributed by atoms with Crippen molar-refractivity contribution in [3.8, 4) is 0 Å². The Hall–Kier alpha value is -7.06. The first-order valence-corrected chi connectivity index (χ1v) is 40.4. The number of benzene rings is 4. The van der Waals surface area contributed by atoms with Crippen molar-refractivity contribution >= 4 is 45.4 Å². The third kappa shape index (κ3) is 64.4. The molecule has 0 radical (unpaired) electrons. The van der Waals surface area contributed by atoms with E-state index in [9.17, 15) is 19.8 Å². The lowest BCUT2D eigenvalue weighted by Crippen LogP contribution is -2.30. The molecule has 688 valence electrons. The first-order chi connectivity index (χ1) is 58.5. The zero-order valence-corrected chi connectivity index (χ0v) is 75.2. The van der Waals surface area contributed by atoms with Crippen LogP contribution in [-0.2, 0) is 139 Å². The maximum atomic E-state index is 10.7. The van der Waals surface area contributed by atoms with Crippen LogP contribution in [0.3, 0.4) is 0 Å². The Kier molecular flexibility index (Phi) is 74.3. The zero-order valence-electron chi connectivity index (χ0n) is 75.2. The van der Waals surface area contributed by atoms with Gasteiger partial charge in [-0.2, -0.15) is 0 Å². The van der Waals surface area contributed by atoms with Crippen molar-refractivity contribution < 1.29 is 138 Å². The molecule has 0 spiro atoms. The van der Waals surface area contributed by atoms with Crippen molar-refractivity contribution in [1.29, 1.82) is 0 Å². The normalized spacial score (nSPS) is 12.4. The van der Waals surface area contributed by atoms with Gasteiger partial charge in [0.15, 0.2) is 0 Å². The quantitative estimate of drug-likeness (QED) is 0.0180. The number of hydrogen-bond acceptors (Lipinski definition) is 29. The van der Waals surface area contributed by atoms with Gasteiger partial charge >= 0.3 is 11.9 Å². The molecular weight excluding hydrogens is 1570 g/mol. The summed E-state index contributed by atoms with van der Waals surface area (Å²) in [6, 6.07) is 31.7. The predicted octanol–water partition coefficient (Wildman–Crippen LogP) is 11.8. The van der Waals surface area contributed by atoms with Gasteiger partial charge in [-0.25, -0.2) is 0 Å². The molecule has 0 bridgehead atoms. The van der Waals surface area contributed by atoms with Crippen molar-refractivity contribution in [3.05, 3.63) is 180 Å². The molecule has 121 heavy (non-hydrogen) atoms. The fourth-order valence-electron chi connectivity index (χ4n) is 9.46. The fraction of sp³-hybridized carbons (Fsp3) is 0.587. The number of hydrogen-bond donors (Lipinski definition) is 2. The Morgan fingerprint density at radius 3 is 0.628 bits per heavy atom. The highest BCUT2D eigenvalue weighted by Crippen LogP contribution is 2.27. The number of carbonyl (C=O) groups excluding carboxylic acids is 2. The minimum absolute atomic E-state index is 0.141. The Balaban J connectivity index is 0.00000154. The van der Waals surface area contributed by atoms with Crippen molar-refractivity contribution in [3.63, 3.8) is 0 Å². The van der Waals surface area contributed by atoms with Crippen LogP contribution in [-0.4, -0.2) is 323 Å². The first-order valence-electron chi connectivity index (χ1n) is 40.4. The summed E-state index contributed by atoms with van der Waals surface area (Å²) in [6.45, 7) is 43.1. The molecule has 0 heterocycles. The summed E-state index contributed by atoms with van der Waals surface area (Å²) >= 11 is 0. The van der Waals surface area contributed by atoms with Crippen LogP contribution < -0.4 is 0 Å². The van der Waals surface area contributed by atoms with Gasteiger partial charge < -0.3 is 129 Å². The van der Waals surface area contributed by atoms with E-state index in [1.54, 1.807) is 114 Å². The second kappa shape index (κ2) is 78.9. The van der Waals surface area contributed by atoms with Gasteiger partial charge in [0.1, 0.15) is 31.0 Å². The highest BCUT2D eigenvalue weighted by molar-refractivity contribution is 5.82. The molecule has 2 N–H and O–H groups in total. The number of esters is 2. The molecule has 29 nitrogen and oxygen atoms in total. The molecular formula is C92H146O29. The monoisotopic (exact) mass is 1710 g/mol. The largest absolute Gasteiger partial charge is 0.498 e. The maximum absolute atomic E-state index is 10.7. The van der Waals surface area contributed by atoms with Crippen molar-refractivity contribution in [2.24, 2.45) is 0 Å². The van der Waals surface area contributed by atoms with Crippen LogP contribution in [0.25, 0.3) is 33.4 Å². The van der Waals surface area contributed by atoms with Crippen molar-refractivity contribution in [1.82, 2.24) is 0 Å². The molecule has 0 aliphatic rings. The fourth-order valence-corrected chi connectivity index (χ4v) is 9.46. The van der Waals surface area contributed by atoms with Gasteiger partial charge in [0.25, 0.3) is 0 Å². The molecule has 4 aromatic carbocycles. The van der Waals surface area contributed by atoms with Gasteiger partial charge in [0, 0.05) is 70.7 Å². The summed E-state index contributed by atoms with van der Waals surface area (Å²) in [5.74, 6) is -1.12. The molecule has 0 aliphatic carbocycles.